The van der Waals surface area contributed by atoms with E-state index in [2.05, 4.69) is 0 Å². The van der Waals surface area contributed by atoms with E-state index in [0.717, 1.165) is 5.56 Å². The van der Waals surface area contributed by atoms with E-state index in [9.17, 15) is 8.78 Å². The molecule has 0 bridgehead atoms. The summed E-state index contributed by atoms with van der Waals surface area (Å²) in [5.74, 6) is -1.45. The predicted molar refractivity (Wildman–Crippen MR) is 40.6 cm³/mol. The summed E-state index contributed by atoms with van der Waals surface area (Å²) in [5, 5.41) is 0. The van der Waals surface area contributed by atoms with Crippen molar-refractivity contribution in [2.75, 3.05) is 0 Å². The highest BCUT2D eigenvalue weighted by Gasteiger charge is 2.09. The first-order valence-electron chi connectivity index (χ1n) is 3.46. The highest BCUT2D eigenvalue weighted by atomic mass is 19.2. The van der Waals surface area contributed by atoms with Gasteiger partial charge in [0.2, 0.25) is 0 Å². The van der Waals surface area contributed by atoms with Gasteiger partial charge in [-0.3, -0.25) is 0 Å². The van der Waals surface area contributed by atoms with Gasteiger partial charge in [-0.05, 0) is 37.5 Å². The van der Waals surface area contributed by atoms with E-state index in [0.29, 0.717) is 11.1 Å². The van der Waals surface area contributed by atoms with Gasteiger partial charge in [-0.2, -0.15) is 0 Å². The number of hydrogen-bond acceptors (Lipinski definition) is 0. The van der Waals surface area contributed by atoms with Crippen molar-refractivity contribution in [3.8, 4) is 0 Å². The van der Waals surface area contributed by atoms with Crippen molar-refractivity contribution in [1.82, 2.24) is 0 Å². The molecule has 1 aromatic carbocycles. The molecule has 0 unspecified atom stereocenters. The van der Waals surface area contributed by atoms with Crippen LogP contribution in [-0.4, -0.2) is 0 Å². The molecule has 0 heterocycles. The van der Waals surface area contributed by atoms with Crippen molar-refractivity contribution in [3.63, 3.8) is 0 Å². The molecule has 0 aromatic heterocycles. The largest absolute Gasteiger partial charge is 0.203 e. The predicted octanol–water partition coefficient (Wildman–Crippen LogP) is 2.89. The molecule has 1 aromatic rings. The van der Waals surface area contributed by atoms with E-state index in [1.807, 2.05) is 0 Å². The lowest BCUT2D eigenvalue weighted by Gasteiger charge is -2.04. The summed E-state index contributed by atoms with van der Waals surface area (Å²) < 4.78 is 25.7. The lowest BCUT2D eigenvalue weighted by atomic mass is 10.1. The average Bonchev–Trinajstić information content (AvgIpc) is 1.97. The zero-order valence-electron chi connectivity index (χ0n) is 6.83. The maximum atomic E-state index is 12.9. The molecule has 0 aliphatic heterocycles. The van der Waals surface area contributed by atoms with E-state index in [4.69, 9.17) is 0 Å². The number of halogens is 2. The summed E-state index contributed by atoms with van der Waals surface area (Å²) in [7, 11) is 0. The molecule has 60 valence electrons. The van der Waals surface area contributed by atoms with Crippen molar-refractivity contribution >= 4 is 0 Å². The van der Waals surface area contributed by atoms with Crippen LogP contribution in [0, 0.1) is 32.4 Å². The highest BCUT2D eigenvalue weighted by molar-refractivity contribution is 5.31. The Hall–Kier alpha value is -0.920. The smallest absolute Gasteiger partial charge is 0.162 e. The summed E-state index contributed by atoms with van der Waals surface area (Å²) in [6, 6.07) is 1.65. The van der Waals surface area contributed by atoms with Crippen LogP contribution in [0.2, 0.25) is 0 Å². The highest BCUT2D eigenvalue weighted by Crippen LogP contribution is 2.18. The van der Waals surface area contributed by atoms with Crippen molar-refractivity contribution in [2.24, 2.45) is 0 Å². The molecule has 1 rings (SSSR count). The molecule has 0 saturated heterocycles. The first-order valence-corrected chi connectivity index (χ1v) is 3.46. The number of hydrogen-bond donors (Lipinski definition) is 0. The Morgan fingerprint density at radius 3 is 2.00 bits per heavy atom. The number of rotatable bonds is 0. The molecular formula is C9H10F2. The normalized spacial score (nSPS) is 10.3. The van der Waals surface area contributed by atoms with Crippen LogP contribution >= 0.6 is 0 Å². The molecule has 0 nitrogen and oxygen atoms in total. The zero-order chi connectivity index (χ0) is 8.59. The Kier molecular flexibility index (Phi) is 1.94. The summed E-state index contributed by atoms with van der Waals surface area (Å²) in [6.07, 6.45) is 0. The second kappa shape index (κ2) is 2.61. The van der Waals surface area contributed by atoms with E-state index in [1.54, 1.807) is 26.8 Å². The van der Waals surface area contributed by atoms with Crippen LogP contribution in [0.15, 0.2) is 6.07 Å². The minimum absolute atomic E-state index is 0.366. The van der Waals surface area contributed by atoms with Gasteiger partial charge < -0.3 is 0 Å². The fraction of sp³-hybridized carbons (Fsp3) is 0.333. The monoisotopic (exact) mass is 156 g/mol. The van der Waals surface area contributed by atoms with Gasteiger partial charge in [0.25, 0.3) is 0 Å². The Balaban J connectivity index is 3.46. The van der Waals surface area contributed by atoms with Crippen LogP contribution in [0.5, 0.6) is 0 Å². The Morgan fingerprint density at radius 2 is 1.45 bits per heavy atom. The lowest BCUT2D eigenvalue weighted by Crippen LogP contribution is -1.95. The molecule has 2 heteroatoms. The minimum atomic E-state index is -0.729. The topological polar surface area (TPSA) is 0 Å². The van der Waals surface area contributed by atoms with Gasteiger partial charge in [0.05, 0.1) is 0 Å². The van der Waals surface area contributed by atoms with Crippen LogP contribution in [0.4, 0.5) is 8.78 Å². The number of benzene rings is 1. The van der Waals surface area contributed by atoms with E-state index in [1.165, 1.54) is 0 Å². The van der Waals surface area contributed by atoms with Crippen LogP contribution in [0.25, 0.3) is 0 Å². The average molecular weight is 156 g/mol. The molecule has 0 atom stereocenters. The SMILES string of the molecule is Cc1cc(C)c(F)c(F)c1C. The van der Waals surface area contributed by atoms with E-state index in [-0.39, 0.29) is 0 Å². The van der Waals surface area contributed by atoms with Crippen LogP contribution in [-0.2, 0) is 0 Å². The van der Waals surface area contributed by atoms with Crippen molar-refractivity contribution < 1.29 is 8.78 Å². The summed E-state index contributed by atoms with van der Waals surface area (Å²) in [5.41, 5.74) is 1.56. The van der Waals surface area contributed by atoms with Crippen LogP contribution in [0.1, 0.15) is 16.7 Å². The molecule has 11 heavy (non-hydrogen) atoms. The lowest BCUT2D eigenvalue weighted by molar-refractivity contribution is 0.496. The molecule has 0 N–H and O–H groups in total. The molecular weight excluding hydrogens is 146 g/mol. The van der Waals surface area contributed by atoms with Crippen LogP contribution < -0.4 is 0 Å². The Bertz CT molecular complexity index is 264. The molecule has 0 aliphatic rings. The van der Waals surface area contributed by atoms with Gasteiger partial charge in [-0.25, -0.2) is 8.78 Å². The number of aryl methyl sites for hydroxylation is 2. The Morgan fingerprint density at radius 1 is 0.909 bits per heavy atom. The van der Waals surface area contributed by atoms with Crippen molar-refractivity contribution in [2.45, 2.75) is 20.8 Å². The maximum Gasteiger partial charge on any atom is 0.162 e. The first kappa shape index (κ1) is 8.18. The maximum absolute atomic E-state index is 12.9. The fourth-order valence-electron chi connectivity index (χ4n) is 1.01. The quantitative estimate of drug-likeness (QED) is 0.541. The van der Waals surface area contributed by atoms with Gasteiger partial charge in [0.15, 0.2) is 11.6 Å². The zero-order valence-corrected chi connectivity index (χ0v) is 6.83. The third-order valence-corrected chi connectivity index (χ3v) is 1.89. The molecule has 0 fully saturated rings. The van der Waals surface area contributed by atoms with Crippen LogP contribution in [0.3, 0.4) is 0 Å². The molecule has 0 saturated carbocycles. The van der Waals surface area contributed by atoms with E-state index >= 15 is 0 Å². The van der Waals surface area contributed by atoms with Crippen molar-refractivity contribution in [1.29, 1.82) is 0 Å². The molecule has 0 spiro atoms. The standard InChI is InChI=1S/C9H10F2/c1-5-4-6(2)8(10)9(11)7(5)3/h4H,1-3H3. The van der Waals surface area contributed by atoms with Gasteiger partial charge >= 0.3 is 0 Å². The Labute approximate surface area is 64.9 Å². The summed E-state index contributed by atoms with van der Waals surface area (Å²) in [4.78, 5) is 0. The third kappa shape index (κ3) is 1.25. The van der Waals surface area contributed by atoms with E-state index < -0.39 is 11.6 Å². The van der Waals surface area contributed by atoms with Gasteiger partial charge in [0.1, 0.15) is 0 Å². The van der Waals surface area contributed by atoms with Crippen molar-refractivity contribution in [3.05, 3.63) is 34.4 Å². The second-order valence-electron chi connectivity index (χ2n) is 2.76. The van der Waals surface area contributed by atoms with Gasteiger partial charge in [0, 0.05) is 0 Å². The molecule has 0 amide bonds. The van der Waals surface area contributed by atoms with Gasteiger partial charge in [-0.1, -0.05) is 6.07 Å². The fourth-order valence-corrected chi connectivity index (χ4v) is 1.01. The molecule has 0 aliphatic carbocycles. The molecule has 0 radical (unpaired) electrons. The van der Waals surface area contributed by atoms with Gasteiger partial charge in [-0.15, -0.1) is 0 Å². The summed E-state index contributed by atoms with van der Waals surface area (Å²) in [6.45, 7) is 4.91. The first-order chi connectivity index (χ1) is 5.04. The third-order valence-electron chi connectivity index (χ3n) is 1.89. The summed E-state index contributed by atoms with van der Waals surface area (Å²) >= 11 is 0. The minimum Gasteiger partial charge on any atom is -0.203 e. The second-order valence-corrected chi connectivity index (χ2v) is 2.76.